The Kier molecular flexibility index (Phi) is 4.05. The number of carbonyl (C=O) groups is 1. The molecule has 1 aliphatic carbocycles. The smallest absolute Gasteiger partial charge is 0.237 e. The normalized spacial score (nSPS) is 39.2. The molecular weight excluding hydrogens is 214 g/mol. The van der Waals surface area contributed by atoms with Crippen LogP contribution in [0.2, 0.25) is 0 Å². The van der Waals surface area contributed by atoms with Crippen molar-refractivity contribution in [3.8, 4) is 0 Å². The van der Waals surface area contributed by atoms with Gasteiger partial charge in [0.2, 0.25) is 5.91 Å². The summed E-state index contributed by atoms with van der Waals surface area (Å²) in [5.74, 6) is 0.310. The number of nitrogens with zero attached hydrogens (tertiary/aromatic N) is 1. The molecule has 1 saturated carbocycles. The van der Waals surface area contributed by atoms with Crippen LogP contribution in [-0.2, 0) is 4.79 Å². The van der Waals surface area contributed by atoms with Crippen molar-refractivity contribution in [1.82, 2.24) is 10.4 Å². The van der Waals surface area contributed by atoms with Crippen molar-refractivity contribution in [2.75, 3.05) is 0 Å². The number of hydrogen-bond donors (Lipinski definition) is 2. The van der Waals surface area contributed by atoms with E-state index in [0.29, 0.717) is 12.1 Å². The summed E-state index contributed by atoms with van der Waals surface area (Å²) in [6, 6.07) is 1.14. The molecule has 0 aromatic carbocycles. The third kappa shape index (κ3) is 2.99. The zero-order valence-electron chi connectivity index (χ0n) is 11.0. The Morgan fingerprint density at radius 2 is 1.82 bits per heavy atom. The fraction of sp³-hybridized carbons (Fsp3) is 0.923. The Hall–Kier alpha value is -0.610. The monoisotopic (exact) mass is 239 g/mol. The van der Waals surface area contributed by atoms with Crippen molar-refractivity contribution < 1.29 is 4.79 Å². The minimum Gasteiger partial charge on any atom is -0.328 e. The minimum atomic E-state index is 0.131. The van der Waals surface area contributed by atoms with Crippen LogP contribution < -0.4 is 11.2 Å². The van der Waals surface area contributed by atoms with E-state index in [1.165, 1.54) is 19.3 Å². The van der Waals surface area contributed by atoms with Crippen LogP contribution >= 0.6 is 0 Å². The van der Waals surface area contributed by atoms with Gasteiger partial charge >= 0.3 is 0 Å². The lowest BCUT2D eigenvalue weighted by molar-refractivity contribution is -0.133. The number of nitrogens with two attached hydrogens (primary N) is 1. The molecule has 2 fully saturated rings. The number of piperidine rings is 1. The number of rotatable bonds is 2. The molecule has 17 heavy (non-hydrogen) atoms. The van der Waals surface area contributed by atoms with Gasteiger partial charge in [-0.2, -0.15) is 0 Å². The maximum atomic E-state index is 12.1. The van der Waals surface area contributed by atoms with Crippen LogP contribution in [-0.4, -0.2) is 29.0 Å². The van der Waals surface area contributed by atoms with Gasteiger partial charge in [0.25, 0.3) is 0 Å². The van der Waals surface area contributed by atoms with Gasteiger partial charge in [-0.05, 0) is 46.0 Å². The zero-order valence-corrected chi connectivity index (χ0v) is 11.0. The van der Waals surface area contributed by atoms with Crippen LogP contribution in [0.4, 0.5) is 0 Å². The highest BCUT2D eigenvalue weighted by Crippen LogP contribution is 2.26. The summed E-state index contributed by atoms with van der Waals surface area (Å²) >= 11 is 0. The van der Waals surface area contributed by atoms with Crippen molar-refractivity contribution in [1.29, 1.82) is 0 Å². The summed E-state index contributed by atoms with van der Waals surface area (Å²) in [5.41, 5.74) is 8.98. The summed E-state index contributed by atoms with van der Waals surface area (Å²) in [7, 11) is 0. The van der Waals surface area contributed by atoms with E-state index in [0.717, 1.165) is 19.3 Å². The third-order valence-electron chi connectivity index (χ3n) is 4.28. The molecule has 2 rings (SSSR count). The molecule has 4 unspecified atom stereocenters. The first-order chi connectivity index (χ1) is 8.08. The molecule has 3 N–H and O–H groups in total. The zero-order chi connectivity index (χ0) is 12.4. The van der Waals surface area contributed by atoms with E-state index in [-0.39, 0.29) is 17.9 Å². The van der Waals surface area contributed by atoms with Gasteiger partial charge in [-0.25, -0.2) is 5.01 Å². The molecule has 4 atom stereocenters. The highest BCUT2D eigenvalue weighted by atomic mass is 16.2. The van der Waals surface area contributed by atoms with Crippen molar-refractivity contribution in [2.45, 2.75) is 70.5 Å². The largest absolute Gasteiger partial charge is 0.328 e. The molecule has 2 aliphatic rings. The maximum Gasteiger partial charge on any atom is 0.237 e. The van der Waals surface area contributed by atoms with Gasteiger partial charge < -0.3 is 5.73 Å². The molecule has 4 heteroatoms. The minimum absolute atomic E-state index is 0.131. The SMILES string of the molecule is CC1CCCC(C)N1NC(=O)C1CCC(N)C1. The van der Waals surface area contributed by atoms with Crippen LogP contribution in [0.25, 0.3) is 0 Å². The Morgan fingerprint density at radius 1 is 1.18 bits per heavy atom. The van der Waals surface area contributed by atoms with Gasteiger partial charge in [-0.15, -0.1) is 0 Å². The van der Waals surface area contributed by atoms with Crippen LogP contribution in [0.5, 0.6) is 0 Å². The average molecular weight is 239 g/mol. The second kappa shape index (κ2) is 5.36. The molecule has 4 nitrogen and oxygen atoms in total. The van der Waals surface area contributed by atoms with Crippen LogP contribution in [0, 0.1) is 5.92 Å². The maximum absolute atomic E-state index is 12.1. The lowest BCUT2D eigenvalue weighted by Gasteiger charge is -2.39. The van der Waals surface area contributed by atoms with Gasteiger partial charge in [0, 0.05) is 24.0 Å². The van der Waals surface area contributed by atoms with Gasteiger partial charge in [0.05, 0.1) is 0 Å². The molecule has 1 heterocycles. The summed E-state index contributed by atoms with van der Waals surface area (Å²) < 4.78 is 0. The molecule has 0 radical (unpaired) electrons. The summed E-state index contributed by atoms with van der Waals surface area (Å²) in [6.07, 6.45) is 6.40. The summed E-state index contributed by atoms with van der Waals surface area (Å²) in [5, 5.41) is 2.15. The van der Waals surface area contributed by atoms with E-state index >= 15 is 0 Å². The van der Waals surface area contributed by atoms with E-state index in [4.69, 9.17) is 5.73 Å². The topological polar surface area (TPSA) is 58.4 Å². The number of hydrazine groups is 1. The first-order valence-corrected chi connectivity index (χ1v) is 6.92. The van der Waals surface area contributed by atoms with Crippen molar-refractivity contribution in [2.24, 2.45) is 11.7 Å². The molecule has 1 aliphatic heterocycles. The van der Waals surface area contributed by atoms with Crippen LogP contribution in [0.1, 0.15) is 52.4 Å². The van der Waals surface area contributed by atoms with E-state index in [9.17, 15) is 4.79 Å². The molecule has 1 saturated heterocycles. The summed E-state index contributed by atoms with van der Waals surface area (Å²) in [6.45, 7) is 4.38. The predicted octanol–water partition coefficient (Wildman–Crippen LogP) is 1.41. The Bertz CT molecular complexity index is 272. The highest BCUT2D eigenvalue weighted by molar-refractivity contribution is 5.78. The Morgan fingerprint density at radius 3 is 2.35 bits per heavy atom. The van der Waals surface area contributed by atoms with Crippen LogP contribution in [0.15, 0.2) is 0 Å². The second-order valence-electron chi connectivity index (χ2n) is 5.78. The first kappa shape index (κ1) is 12.8. The fourth-order valence-electron chi connectivity index (χ4n) is 3.11. The fourth-order valence-corrected chi connectivity index (χ4v) is 3.11. The molecule has 0 aromatic rings. The lowest BCUT2D eigenvalue weighted by atomic mass is 9.99. The van der Waals surface area contributed by atoms with Crippen molar-refractivity contribution in [3.05, 3.63) is 0 Å². The third-order valence-corrected chi connectivity index (χ3v) is 4.28. The Labute approximate surface area is 104 Å². The number of carbonyl (C=O) groups excluding carboxylic acids is 1. The Balaban J connectivity index is 1.88. The summed E-state index contributed by atoms with van der Waals surface area (Å²) in [4.78, 5) is 12.1. The quantitative estimate of drug-likeness (QED) is 0.766. The molecule has 0 bridgehead atoms. The van der Waals surface area contributed by atoms with E-state index in [1.807, 2.05) is 0 Å². The van der Waals surface area contributed by atoms with E-state index in [1.54, 1.807) is 0 Å². The lowest BCUT2D eigenvalue weighted by Crippen LogP contribution is -2.55. The second-order valence-corrected chi connectivity index (χ2v) is 5.78. The molecule has 98 valence electrons. The van der Waals surface area contributed by atoms with Gasteiger partial charge in [-0.1, -0.05) is 6.42 Å². The van der Waals surface area contributed by atoms with E-state index < -0.39 is 0 Å². The van der Waals surface area contributed by atoms with Crippen molar-refractivity contribution >= 4 is 5.91 Å². The van der Waals surface area contributed by atoms with Crippen LogP contribution in [0.3, 0.4) is 0 Å². The van der Waals surface area contributed by atoms with Gasteiger partial charge in [-0.3, -0.25) is 10.2 Å². The first-order valence-electron chi connectivity index (χ1n) is 6.92. The molecule has 0 aromatic heterocycles. The predicted molar refractivity (Wildman–Crippen MR) is 68.1 cm³/mol. The molecule has 1 amide bonds. The number of amides is 1. The average Bonchev–Trinajstić information content (AvgIpc) is 2.70. The standard InChI is InChI=1S/C13H25N3O/c1-9-4-3-5-10(2)16(9)15-13(17)11-6-7-12(14)8-11/h9-12H,3-8,14H2,1-2H3,(H,15,17). The molecule has 0 spiro atoms. The molecular formula is C13H25N3O. The number of hydrogen-bond acceptors (Lipinski definition) is 3. The van der Waals surface area contributed by atoms with Gasteiger partial charge in [0.1, 0.15) is 0 Å². The number of nitrogens with one attached hydrogen (secondary N) is 1. The van der Waals surface area contributed by atoms with Gasteiger partial charge in [0.15, 0.2) is 0 Å². The highest BCUT2D eigenvalue weighted by Gasteiger charge is 2.31. The van der Waals surface area contributed by atoms with Crippen molar-refractivity contribution in [3.63, 3.8) is 0 Å². The van der Waals surface area contributed by atoms with E-state index in [2.05, 4.69) is 24.3 Å².